The summed E-state index contributed by atoms with van der Waals surface area (Å²) in [5, 5.41) is 0. The van der Waals surface area contributed by atoms with E-state index in [1.807, 2.05) is 30.0 Å². The summed E-state index contributed by atoms with van der Waals surface area (Å²) in [6, 6.07) is 8.51. The normalized spacial score (nSPS) is 18.6. The van der Waals surface area contributed by atoms with Crippen LogP contribution in [0.25, 0.3) is 11.0 Å². The number of carbonyl (C=O) groups excluding carboxylic acids is 1. The molecule has 1 aromatic heterocycles. The largest absolute Gasteiger partial charge is 0.384 e. The van der Waals surface area contributed by atoms with E-state index >= 15 is 0 Å². The van der Waals surface area contributed by atoms with Crippen molar-refractivity contribution in [2.45, 2.75) is 25.8 Å². The minimum Gasteiger partial charge on any atom is -0.384 e. The molecule has 1 aromatic carbocycles. The molecule has 0 bridgehead atoms. The fourth-order valence-electron chi connectivity index (χ4n) is 3.15. The number of fused-ring (bicyclic) bond motifs is 1. The number of hydrogen-bond donors (Lipinski definition) is 0. The monoisotopic (exact) mass is 287 g/mol. The minimum absolute atomic E-state index is 0.182. The van der Waals surface area contributed by atoms with Gasteiger partial charge in [-0.2, -0.15) is 0 Å². The molecule has 0 N–H and O–H groups in total. The van der Waals surface area contributed by atoms with Gasteiger partial charge in [0.25, 0.3) is 0 Å². The third-order valence-electron chi connectivity index (χ3n) is 4.17. The van der Waals surface area contributed by atoms with Gasteiger partial charge in [-0.25, -0.2) is 4.98 Å². The van der Waals surface area contributed by atoms with Crippen LogP contribution in [0.1, 0.15) is 24.7 Å². The first-order valence-electron chi connectivity index (χ1n) is 7.41. The van der Waals surface area contributed by atoms with Gasteiger partial charge in [0.05, 0.1) is 30.1 Å². The second-order valence-corrected chi connectivity index (χ2v) is 5.54. The Bertz CT molecular complexity index is 650. The molecule has 2 heterocycles. The van der Waals surface area contributed by atoms with Crippen molar-refractivity contribution in [2.75, 3.05) is 26.8 Å². The Morgan fingerprint density at radius 3 is 3.05 bits per heavy atom. The van der Waals surface area contributed by atoms with Crippen molar-refractivity contribution in [3.05, 3.63) is 30.1 Å². The summed E-state index contributed by atoms with van der Waals surface area (Å²) >= 11 is 0. The first kappa shape index (κ1) is 14.1. The van der Waals surface area contributed by atoms with Gasteiger partial charge in [0.1, 0.15) is 5.82 Å². The second kappa shape index (κ2) is 5.85. The molecule has 112 valence electrons. The SMILES string of the molecule is COCCC(=O)N1CCC(n2c(C)nc3ccccc32)C1. The summed E-state index contributed by atoms with van der Waals surface area (Å²) in [5.41, 5.74) is 2.19. The van der Waals surface area contributed by atoms with Gasteiger partial charge in [-0.15, -0.1) is 0 Å². The lowest BCUT2D eigenvalue weighted by molar-refractivity contribution is -0.131. The second-order valence-electron chi connectivity index (χ2n) is 5.54. The Hall–Kier alpha value is -1.88. The van der Waals surface area contributed by atoms with Gasteiger partial charge >= 0.3 is 0 Å². The number of ether oxygens (including phenoxy) is 1. The van der Waals surface area contributed by atoms with Crippen LogP contribution in [0.5, 0.6) is 0 Å². The molecule has 1 atom stereocenters. The Morgan fingerprint density at radius 1 is 1.43 bits per heavy atom. The molecule has 5 nitrogen and oxygen atoms in total. The molecule has 1 amide bonds. The average Bonchev–Trinajstić information content (AvgIpc) is 3.07. The van der Waals surface area contributed by atoms with Crippen LogP contribution in [0.2, 0.25) is 0 Å². The van der Waals surface area contributed by atoms with Crippen LogP contribution >= 0.6 is 0 Å². The summed E-state index contributed by atoms with van der Waals surface area (Å²) in [7, 11) is 1.63. The van der Waals surface area contributed by atoms with Crippen molar-refractivity contribution >= 4 is 16.9 Å². The number of aromatic nitrogens is 2. The van der Waals surface area contributed by atoms with E-state index in [4.69, 9.17) is 4.74 Å². The van der Waals surface area contributed by atoms with E-state index in [1.54, 1.807) is 7.11 Å². The predicted molar refractivity (Wildman–Crippen MR) is 81.2 cm³/mol. The van der Waals surface area contributed by atoms with Crippen LogP contribution in [0.15, 0.2) is 24.3 Å². The first-order chi connectivity index (χ1) is 10.2. The van der Waals surface area contributed by atoms with Crippen LogP contribution in [-0.4, -0.2) is 47.2 Å². The fourth-order valence-corrected chi connectivity index (χ4v) is 3.15. The molecule has 1 saturated heterocycles. The molecule has 21 heavy (non-hydrogen) atoms. The average molecular weight is 287 g/mol. The van der Waals surface area contributed by atoms with Gasteiger partial charge in [0.15, 0.2) is 0 Å². The van der Waals surface area contributed by atoms with E-state index in [-0.39, 0.29) is 5.91 Å². The van der Waals surface area contributed by atoms with Gasteiger partial charge in [0.2, 0.25) is 5.91 Å². The molecule has 0 aliphatic carbocycles. The molecule has 0 radical (unpaired) electrons. The van der Waals surface area contributed by atoms with Crippen molar-refractivity contribution in [1.29, 1.82) is 0 Å². The quantitative estimate of drug-likeness (QED) is 0.865. The van der Waals surface area contributed by atoms with Crippen LogP contribution in [0.4, 0.5) is 0 Å². The van der Waals surface area contributed by atoms with E-state index in [2.05, 4.69) is 15.6 Å². The van der Waals surface area contributed by atoms with Gasteiger partial charge in [-0.1, -0.05) is 12.1 Å². The highest BCUT2D eigenvalue weighted by atomic mass is 16.5. The Balaban J connectivity index is 1.79. The first-order valence-corrected chi connectivity index (χ1v) is 7.41. The van der Waals surface area contributed by atoms with Crippen molar-refractivity contribution in [3.8, 4) is 0 Å². The van der Waals surface area contributed by atoms with Crippen molar-refractivity contribution in [2.24, 2.45) is 0 Å². The molecule has 1 aliphatic heterocycles. The zero-order valence-electron chi connectivity index (χ0n) is 12.6. The molecule has 1 aliphatic rings. The van der Waals surface area contributed by atoms with Gasteiger partial charge in [-0.05, 0) is 25.5 Å². The molecule has 1 fully saturated rings. The van der Waals surface area contributed by atoms with E-state index in [0.717, 1.165) is 36.4 Å². The van der Waals surface area contributed by atoms with E-state index in [0.29, 0.717) is 19.1 Å². The van der Waals surface area contributed by atoms with Gasteiger partial charge < -0.3 is 14.2 Å². The van der Waals surface area contributed by atoms with Crippen LogP contribution < -0.4 is 0 Å². The maximum absolute atomic E-state index is 12.1. The maximum atomic E-state index is 12.1. The number of likely N-dealkylation sites (tertiary alicyclic amines) is 1. The van der Waals surface area contributed by atoms with Crippen LogP contribution in [0.3, 0.4) is 0 Å². The lowest BCUT2D eigenvalue weighted by Crippen LogP contribution is -2.29. The summed E-state index contributed by atoms with van der Waals surface area (Å²) in [6.07, 6.45) is 1.45. The number of aryl methyl sites for hydroxylation is 1. The molecule has 0 spiro atoms. The lowest BCUT2D eigenvalue weighted by atomic mass is 10.2. The number of rotatable bonds is 4. The van der Waals surface area contributed by atoms with Crippen LogP contribution in [-0.2, 0) is 9.53 Å². The predicted octanol–water partition coefficient (Wildman–Crippen LogP) is 2.15. The smallest absolute Gasteiger partial charge is 0.224 e. The molecule has 5 heteroatoms. The van der Waals surface area contributed by atoms with Gasteiger partial charge in [0, 0.05) is 20.2 Å². The number of benzene rings is 1. The Morgan fingerprint density at radius 2 is 2.24 bits per heavy atom. The highest BCUT2D eigenvalue weighted by Crippen LogP contribution is 2.28. The Kier molecular flexibility index (Phi) is 3.92. The molecule has 2 aromatic rings. The number of carbonyl (C=O) groups is 1. The third-order valence-corrected chi connectivity index (χ3v) is 4.17. The number of hydrogen-bond acceptors (Lipinski definition) is 3. The minimum atomic E-state index is 0.182. The topological polar surface area (TPSA) is 47.4 Å². The van der Waals surface area contributed by atoms with Gasteiger partial charge in [-0.3, -0.25) is 4.79 Å². The van der Waals surface area contributed by atoms with Crippen molar-refractivity contribution in [3.63, 3.8) is 0 Å². The number of nitrogens with zero attached hydrogens (tertiary/aromatic N) is 3. The number of para-hydroxylation sites is 2. The molecular weight excluding hydrogens is 266 g/mol. The Labute approximate surface area is 124 Å². The summed E-state index contributed by atoms with van der Waals surface area (Å²) in [6.45, 7) is 4.12. The zero-order chi connectivity index (χ0) is 14.8. The molecule has 0 saturated carbocycles. The summed E-state index contributed by atoms with van der Waals surface area (Å²) in [4.78, 5) is 18.6. The van der Waals surface area contributed by atoms with Crippen molar-refractivity contribution < 1.29 is 9.53 Å². The summed E-state index contributed by atoms with van der Waals surface area (Å²) < 4.78 is 7.26. The lowest BCUT2D eigenvalue weighted by Gasteiger charge is -2.18. The zero-order valence-corrected chi connectivity index (χ0v) is 12.6. The number of imidazole rings is 1. The highest BCUT2D eigenvalue weighted by Gasteiger charge is 2.28. The molecule has 1 unspecified atom stereocenters. The highest BCUT2D eigenvalue weighted by molar-refractivity contribution is 5.77. The maximum Gasteiger partial charge on any atom is 0.224 e. The fraction of sp³-hybridized carbons (Fsp3) is 0.500. The van der Waals surface area contributed by atoms with E-state index < -0.39 is 0 Å². The third kappa shape index (κ3) is 2.65. The van der Waals surface area contributed by atoms with E-state index in [9.17, 15) is 4.79 Å². The van der Waals surface area contributed by atoms with E-state index in [1.165, 1.54) is 0 Å². The molecule has 3 rings (SSSR count). The summed E-state index contributed by atoms with van der Waals surface area (Å²) in [5.74, 6) is 1.20. The standard InChI is InChI=1S/C16H21N3O2/c1-12-17-14-5-3-4-6-15(14)19(12)13-7-9-18(11-13)16(20)8-10-21-2/h3-6,13H,7-11H2,1-2H3. The number of methoxy groups -OCH3 is 1. The number of amides is 1. The van der Waals surface area contributed by atoms with Crippen molar-refractivity contribution in [1.82, 2.24) is 14.5 Å². The molecular formula is C16H21N3O2. The van der Waals surface area contributed by atoms with Crippen LogP contribution in [0, 0.1) is 6.92 Å².